The molecule has 1 aliphatic heterocycles. The lowest BCUT2D eigenvalue weighted by Gasteiger charge is -2.31. The zero-order valence-electron chi connectivity index (χ0n) is 25.5. The number of benzene rings is 3. The van der Waals surface area contributed by atoms with E-state index in [-0.39, 0.29) is 18.8 Å². The van der Waals surface area contributed by atoms with E-state index in [1.807, 2.05) is 0 Å². The Morgan fingerprint density at radius 2 is 1.73 bits per heavy atom. The van der Waals surface area contributed by atoms with Crippen molar-refractivity contribution in [2.24, 2.45) is 0 Å². The highest BCUT2D eigenvalue weighted by molar-refractivity contribution is 7.52. The fourth-order valence-corrected chi connectivity index (χ4v) is 6.58. The van der Waals surface area contributed by atoms with E-state index in [1.54, 1.807) is 60.7 Å². The summed E-state index contributed by atoms with van der Waals surface area (Å²) in [7, 11) is -4.80. The molecule has 3 aromatic carbocycles. The summed E-state index contributed by atoms with van der Waals surface area (Å²) >= 11 is 5.98. The first-order chi connectivity index (χ1) is 23.4. The van der Waals surface area contributed by atoms with E-state index in [2.05, 4.69) is 10.1 Å². The number of nitrogens with two attached hydrogens (primary N) is 1. The molecule has 260 valence electrons. The topological polar surface area (TPSA) is 164 Å². The van der Waals surface area contributed by atoms with E-state index in [9.17, 15) is 28.0 Å². The van der Waals surface area contributed by atoms with Crippen molar-refractivity contribution in [3.05, 3.63) is 124 Å². The number of halogens is 4. The quantitative estimate of drug-likeness (QED) is 0.122. The number of nitrogens with one attached hydrogen (secondary N) is 1. The number of carbonyl (C=O) groups is 1. The maximum Gasteiger partial charge on any atom is 0.459 e. The summed E-state index contributed by atoms with van der Waals surface area (Å²) in [5.41, 5.74) is 2.76. The molecule has 49 heavy (non-hydrogen) atoms. The highest BCUT2D eigenvalue weighted by Crippen LogP contribution is 2.48. The van der Waals surface area contributed by atoms with Gasteiger partial charge in [0.1, 0.15) is 31.2 Å². The lowest BCUT2D eigenvalue weighted by Crippen LogP contribution is -2.49. The van der Waals surface area contributed by atoms with Gasteiger partial charge < -0.3 is 24.8 Å². The Labute approximate surface area is 283 Å². The molecule has 1 fully saturated rings. The Morgan fingerprint density at radius 3 is 2.37 bits per heavy atom. The number of alkyl halides is 2. The highest BCUT2D eigenvalue weighted by Gasteiger charge is 2.58. The number of hydrogen-bond donors (Lipinski definition) is 3. The zero-order valence-corrected chi connectivity index (χ0v) is 27.2. The Morgan fingerprint density at radius 1 is 1.10 bits per heavy atom. The maximum atomic E-state index is 15.4. The molecule has 4 N–H and O–H groups in total. The number of aliphatic hydroxyl groups excluding tert-OH is 1. The van der Waals surface area contributed by atoms with Gasteiger partial charge in [0.15, 0.2) is 29.6 Å². The normalized spacial score (nSPS) is 22.3. The van der Waals surface area contributed by atoms with Crippen molar-refractivity contribution < 1.29 is 46.2 Å². The Bertz CT molecular complexity index is 1840. The van der Waals surface area contributed by atoms with Crippen LogP contribution in [-0.2, 0) is 36.4 Å². The number of anilines is 1. The summed E-state index contributed by atoms with van der Waals surface area (Å²) in [4.78, 5) is 29.1. The van der Waals surface area contributed by atoms with Gasteiger partial charge in [0, 0.05) is 5.02 Å². The third-order valence-corrected chi connectivity index (χ3v) is 9.33. The SMILES string of the molecule is Nc1nc(=O)n([C@@H]2O[C@](CF)(COP(=O)(N[C@@H](Cc3ccccc3)C(=O)OCc3ccccc3)Oc3ccc(Cl)cc3)[C@@H](O)[C@@H]2F)cc1F. The maximum absolute atomic E-state index is 15.4. The summed E-state index contributed by atoms with van der Waals surface area (Å²) in [5.74, 6) is -2.88. The molecule has 0 bridgehead atoms. The highest BCUT2D eigenvalue weighted by atomic mass is 35.5. The van der Waals surface area contributed by atoms with E-state index < -0.39 is 74.5 Å². The van der Waals surface area contributed by atoms with Gasteiger partial charge in [-0.25, -0.2) is 22.5 Å². The summed E-state index contributed by atoms with van der Waals surface area (Å²) in [6.45, 7) is -2.89. The number of nitrogens with zero attached hydrogens (tertiary/aromatic N) is 2. The number of hydrogen-bond acceptors (Lipinski definition) is 10. The predicted octanol–water partition coefficient (Wildman–Crippen LogP) is 4.70. The average molecular weight is 723 g/mol. The Balaban J connectivity index is 1.44. The van der Waals surface area contributed by atoms with Crippen LogP contribution >= 0.6 is 19.3 Å². The Kier molecular flexibility index (Phi) is 11.4. The fraction of sp³-hybridized carbons (Fsp3) is 0.281. The molecule has 4 aromatic rings. The summed E-state index contributed by atoms with van der Waals surface area (Å²) in [5, 5.41) is 13.7. The lowest BCUT2D eigenvalue weighted by molar-refractivity contribution is -0.147. The summed E-state index contributed by atoms with van der Waals surface area (Å²) < 4.78 is 81.4. The number of carbonyl (C=O) groups excluding carboxylic acids is 1. The molecule has 1 aliphatic rings. The van der Waals surface area contributed by atoms with E-state index in [0.717, 1.165) is 0 Å². The monoisotopic (exact) mass is 722 g/mol. The minimum absolute atomic E-state index is 0.0604. The number of aliphatic hydroxyl groups is 1. The smallest absolute Gasteiger partial charge is 0.459 e. The second kappa shape index (κ2) is 15.5. The minimum Gasteiger partial charge on any atom is -0.460 e. The largest absolute Gasteiger partial charge is 0.460 e. The molecule has 0 amide bonds. The van der Waals surface area contributed by atoms with Crippen LogP contribution in [0.25, 0.3) is 0 Å². The van der Waals surface area contributed by atoms with Gasteiger partial charge in [0.2, 0.25) is 0 Å². The zero-order chi connectivity index (χ0) is 35.2. The number of rotatable bonds is 14. The molecular weight excluding hydrogens is 692 g/mol. The third-order valence-electron chi connectivity index (χ3n) is 7.53. The summed E-state index contributed by atoms with van der Waals surface area (Å²) in [6.07, 6.45) is -6.49. The molecule has 0 aliphatic carbocycles. The molecule has 17 heteroatoms. The molecule has 0 saturated carbocycles. The second-order valence-electron chi connectivity index (χ2n) is 11.0. The Hall–Kier alpha value is -4.24. The third kappa shape index (κ3) is 8.68. The van der Waals surface area contributed by atoms with Crippen molar-refractivity contribution in [2.75, 3.05) is 19.0 Å². The average Bonchev–Trinajstić information content (AvgIpc) is 3.35. The van der Waals surface area contributed by atoms with E-state index in [1.165, 1.54) is 24.3 Å². The van der Waals surface area contributed by atoms with Gasteiger partial charge in [-0.3, -0.25) is 13.9 Å². The second-order valence-corrected chi connectivity index (χ2v) is 13.2. The number of aromatic nitrogens is 2. The standard InChI is InChI=1S/C32H31ClF3N4O8P/c33-22-11-13-23(14-12-22)48-49(44,39-25(15-20-7-3-1-4-8-20)30(42)45-17-21-9-5-2-6-10-21)46-19-32(18-34)27(41)26(36)29(47-32)40-16-24(35)28(37)38-31(40)43/h1-14,16,25-27,29,41H,15,17-19H2,(H,39,44)(H2,37,38,43)/t25-,26-,27-,29+,32+,49?/m0/s1. The molecule has 2 heterocycles. The first-order valence-corrected chi connectivity index (χ1v) is 16.7. The van der Waals surface area contributed by atoms with Crippen LogP contribution in [0.1, 0.15) is 17.4 Å². The molecule has 1 saturated heterocycles. The van der Waals surface area contributed by atoms with Crippen molar-refractivity contribution in [2.45, 2.75) is 43.2 Å². The van der Waals surface area contributed by atoms with Gasteiger partial charge in [-0.2, -0.15) is 10.1 Å². The molecule has 0 radical (unpaired) electrons. The van der Waals surface area contributed by atoms with Gasteiger partial charge in [-0.1, -0.05) is 72.3 Å². The first kappa shape index (κ1) is 36.1. The summed E-state index contributed by atoms with van der Waals surface area (Å²) in [6, 6.07) is 21.5. The van der Waals surface area contributed by atoms with Crippen molar-refractivity contribution in [1.29, 1.82) is 0 Å². The van der Waals surface area contributed by atoms with Crippen molar-refractivity contribution >= 4 is 31.1 Å². The predicted molar refractivity (Wildman–Crippen MR) is 172 cm³/mol. The molecular formula is C32H31ClF3N4O8P. The number of nitrogen functional groups attached to an aromatic ring is 1. The molecule has 1 aromatic heterocycles. The van der Waals surface area contributed by atoms with Crippen molar-refractivity contribution in [3.63, 3.8) is 0 Å². The van der Waals surface area contributed by atoms with Crippen LogP contribution in [0.2, 0.25) is 5.02 Å². The van der Waals surface area contributed by atoms with Gasteiger partial charge in [0.05, 0.1) is 12.8 Å². The molecule has 1 unspecified atom stereocenters. The van der Waals surface area contributed by atoms with Gasteiger partial charge >= 0.3 is 19.4 Å². The molecule has 12 nitrogen and oxygen atoms in total. The van der Waals surface area contributed by atoms with Crippen LogP contribution < -0.4 is 21.0 Å². The van der Waals surface area contributed by atoms with Gasteiger partial charge in [-0.05, 0) is 41.8 Å². The van der Waals surface area contributed by atoms with Crippen LogP contribution in [0.4, 0.5) is 19.0 Å². The van der Waals surface area contributed by atoms with Crippen molar-refractivity contribution in [3.8, 4) is 5.75 Å². The van der Waals surface area contributed by atoms with Crippen molar-refractivity contribution in [1.82, 2.24) is 14.6 Å². The van der Waals surface area contributed by atoms with Crippen LogP contribution in [0, 0.1) is 5.82 Å². The van der Waals surface area contributed by atoms with Gasteiger partial charge in [-0.15, -0.1) is 0 Å². The van der Waals surface area contributed by atoms with Crippen LogP contribution in [0.5, 0.6) is 5.75 Å². The first-order valence-electron chi connectivity index (χ1n) is 14.7. The lowest BCUT2D eigenvalue weighted by atomic mass is 9.98. The van der Waals surface area contributed by atoms with E-state index >= 15 is 4.39 Å². The minimum atomic E-state index is -4.80. The van der Waals surface area contributed by atoms with E-state index in [4.69, 9.17) is 35.9 Å². The van der Waals surface area contributed by atoms with Crippen LogP contribution in [0.3, 0.4) is 0 Å². The fourth-order valence-electron chi connectivity index (χ4n) is 4.91. The number of ether oxygens (including phenoxy) is 2. The van der Waals surface area contributed by atoms with E-state index in [0.29, 0.717) is 26.9 Å². The molecule has 6 atom stereocenters. The molecule has 0 spiro atoms. The van der Waals surface area contributed by atoms with Crippen LogP contribution in [-0.4, -0.2) is 57.8 Å². The van der Waals surface area contributed by atoms with Crippen LogP contribution in [0.15, 0.2) is 95.9 Å². The number of esters is 1. The van der Waals surface area contributed by atoms with Gasteiger partial charge in [0.25, 0.3) is 0 Å². The molecule has 5 rings (SSSR count).